The van der Waals surface area contributed by atoms with Crippen LogP contribution in [0.25, 0.3) is 0 Å². The van der Waals surface area contributed by atoms with Crippen LogP contribution >= 0.6 is 12.2 Å². The maximum absolute atomic E-state index is 5.70. The molecule has 5 heteroatoms. The summed E-state index contributed by atoms with van der Waals surface area (Å²) >= 11 is 5.70. The molecule has 4 rings (SSSR count). The summed E-state index contributed by atoms with van der Waals surface area (Å²) in [5.41, 5.74) is 5.16. The monoisotopic (exact) mass is 354 g/mol. The molecule has 1 saturated heterocycles. The normalized spacial score (nSPS) is 23.4. The van der Waals surface area contributed by atoms with Gasteiger partial charge in [0.05, 0.1) is 17.8 Å². The lowest BCUT2D eigenvalue weighted by Gasteiger charge is -2.31. The maximum atomic E-state index is 5.70. The number of thiocarbonyl (C=S) groups is 1. The Labute approximate surface area is 155 Å². The van der Waals surface area contributed by atoms with Crippen LogP contribution in [0.5, 0.6) is 0 Å². The zero-order valence-corrected chi connectivity index (χ0v) is 16.2. The van der Waals surface area contributed by atoms with E-state index in [4.69, 9.17) is 12.2 Å². The fraction of sp³-hybridized carbons (Fsp3) is 0.500. The van der Waals surface area contributed by atoms with Gasteiger partial charge in [-0.3, -0.25) is 4.98 Å². The van der Waals surface area contributed by atoms with Gasteiger partial charge in [0.25, 0.3) is 0 Å². The number of nitrogens with one attached hydrogen (secondary N) is 1. The Kier molecular flexibility index (Phi) is 4.07. The molecule has 4 nitrogen and oxygen atoms in total. The largest absolute Gasteiger partial charge is 0.352 e. The maximum Gasteiger partial charge on any atom is 0.170 e. The number of pyridine rings is 1. The van der Waals surface area contributed by atoms with Crippen molar-refractivity contribution in [3.8, 4) is 0 Å². The Morgan fingerprint density at radius 2 is 2.00 bits per heavy atom. The van der Waals surface area contributed by atoms with E-state index in [1.807, 2.05) is 12.3 Å². The summed E-state index contributed by atoms with van der Waals surface area (Å²) in [6.45, 7) is 8.91. The van der Waals surface area contributed by atoms with Gasteiger partial charge in [-0.1, -0.05) is 6.07 Å². The Morgan fingerprint density at radius 1 is 1.24 bits per heavy atom. The molecule has 2 atom stereocenters. The molecule has 3 heterocycles. The number of hydrogen-bond donors (Lipinski definition) is 1. The fourth-order valence-electron chi connectivity index (χ4n) is 4.25. The minimum absolute atomic E-state index is 0.0873. The van der Waals surface area contributed by atoms with Gasteiger partial charge in [-0.25, -0.2) is 0 Å². The van der Waals surface area contributed by atoms with E-state index in [9.17, 15) is 0 Å². The minimum atomic E-state index is 0.0873. The third kappa shape index (κ3) is 2.74. The molecule has 0 aromatic carbocycles. The number of hydrogen-bond acceptors (Lipinski definition) is 2. The molecular formula is C20H26N4S. The van der Waals surface area contributed by atoms with Gasteiger partial charge >= 0.3 is 0 Å². The van der Waals surface area contributed by atoms with Crippen molar-refractivity contribution in [3.63, 3.8) is 0 Å². The summed E-state index contributed by atoms with van der Waals surface area (Å²) in [4.78, 5) is 6.96. The van der Waals surface area contributed by atoms with Crippen LogP contribution in [-0.2, 0) is 0 Å². The zero-order valence-electron chi connectivity index (χ0n) is 15.4. The number of nitrogens with zero attached hydrogens (tertiary/aromatic N) is 3. The highest BCUT2D eigenvalue weighted by Gasteiger charge is 2.43. The molecule has 0 bridgehead atoms. The molecule has 1 N–H and O–H groups in total. The zero-order chi connectivity index (χ0) is 17.7. The van der Waals surface area contributed by atoms with Crippen molar-refractivity contribution in [3.05, 3.63) is 53.1 Å². The number of aromatic nitrogens is 2. The van der Waals surface area contributed by atoms with Gasteiger partial charge in [0.1, 0.15) is 0 Å². The average molecular weight is 355 g/mol. The Hall–Kier alpha value is -1.88. The van der Waals surface area contributed by atoms with Crippen LogP contribution in [0.3, 0.4) is 0 Å². The molecule has 0 amide bonds. The number of rotatable bonds is 4. The summed E-state index contributed by atoms with van der Waals surface area (Å²) in [5.74, 6) is 0. The van der Waals surface area contributed by atoms with Crippen LogP contribution < -0.4 is 5.32 Å². The van der Waals surface area contributed by atoms with Crippen molar-refractivity contribution in [2.75, 3.05) is 0 Å². The summed E-state index contributed by atoms with van der Waals surface area (Å²) in [6.07, 6.45) is 4.46. The van der Waals surface area contributed by atoms with E-state index in [1.165, 1.54) is 29.8 Å². The van der Waals surface area contributed by atoms with E-state index in [2.05, 4.69) is 65.7 Å². The Morgan fingerprint density at radius 3 is 2.60 bits per heavy atom. The van der Waals surface area contributed by atoms with Crippen LogP contribution in [0, 0.1) is 13.8 Å². The first-order valence-electron chi connectivity index (χ1n) is 9.17. The fourth-order valence-corrected chi connectivity index (χ4v) is 4.70. The van der Waals surface area contributed by atoms with E-state index in [1.54, 1.807) is 0 Å². The molecule has 0 spiro atoms. The molecule has 2 fully saturated rings. The summed E-state index contributed by atoms with van der Waals surface area (Å²) < 4.78 is 2.52. The van der Waals surface area contributed by atoms with E-state index >= 15 is 0 Å². The van der Waals surface area contributed by atoms with Crippen molar-refractivity contribution >= 4 is 17.3 Å². The summed E-state index contributed by atoms with van der Waals surface area (Å²) in [6, 6.07) is 9.76. The number of aryl methyl sites for hydroxylation is 1. The first-order chi connectivity index (χ1) is 12.0. The molecule has 2 aliphatic rings. The van der Waals surface area contributed by atoms with Gasteiger partial charge < -0.3 is 14.8 Å². The van der Waals surface area contributed by atoms with Crippen LogP contribution in [-0.4, -0.2) is 25.6 Å². The highest BCUT2D eigenvalue weighted by molar-refractivity contribution is 7.80. The van der Waals surface area contributed by atoms with E-state index in [-0.39, 0.29) is 12.1 Å². The molecule has 132 valence electrons. The van der Waals surface area contributed by atoms with Gasteiger partial charge in [0.15, 0.2) is 5.11 Å². The predicted molar refractivity (Wildman–Crippen MR) is 105 cm³/mol. The molecule has 1 aliphatic heterocycles. The Balaban J connectivity index is 1.82. The average Bonchev–Trinajstić information content (AvgIpc) is 3.28. The molecule has 2 aromatic rings. The smallest absolute Gasteiger partial charge is 0.170 e. The van der Waals surface area contributed by atoms with Crippen LogP contribution in [0.4, 0.5) is 0 Å². The van der Waals surface area contributed by atoms with Crippen molar-refractivity contribution in [2.24, 2.45) is 0 Å². The highest BCUT2D eigenvalue weighted by Crippen LogP contribution is 2.45. The van der Waals surface area contributed by atoms with Crippen molar-refractivity contribution in [1.82, 2.24) is 19.8 Å². The topological polar surface area (TPSA) is 33.1 Å². The molecule has 0 radical (unpaired) electrons. The second kappa shape index (κ2) is 6.13. The lowest BCUT2D eigenvalue weighted by molar-refractivity contribution is 0.268. The van der Waals surface area contributed by atoms with Gasteiger partial charge in [-0.2, -0.15) is 0 Å². The highest BCUT2D eigenvalue weighted by atomic mass is 32.1. The summed E-state index contributed by atoms with van der Waals surface area (Å²) in [7, 11) is 0. The minimum Gasteiger partial charge on any atom is -0.352 e. The summed E-state index contributed by atoms with van der Waals surface area (Å²) in [5, 5.41) is 4.36. The van der Waals surface area contributed by atoms with Gasteiger partial charge in [-0.05, 0) is 76.5 Å². The molecule has 1 saturated carbocycles. The van der Waals surface area contributed by atoms with Gasteiger partial charge in [0, 0.05) is 29.7 Å². The van der Waals surface area contributed by atoms with Gasteiger partial charge in [-0.15, -0.1) is 0 Å². The van der Waals surface area contributed by atoms with Crippen molar-refractivity contribution < 1.29 is 0 Å². The van der Waals surface area contributed by atoms with E-state index < -0.39 is 0 Å². The first kappa shape index (κ1) is 16.6. The second-order valence-corrected chi connectivity index (χ2v) is 7.94. The van der Waals surface area contributed by atoms with Crippen LogP contribution in [0.15, 0.2) is 30.5 Å². The molecule has 2 aromatic heterocycles. The molecule has 25 heavy (non-hydrogen) atoms. The quantitative estimate of drug-likeness (QED) is 0.834. The lowest BCUT2D eigenvalue weighted by atomic mass is 9.96. The van der Waals surface area contributed by atoms with Crippen molar-refractivity contribution in [2.45, 2.75) is 64.7 Å². The second-order valence-electron chi connectivity index (χ2n) is 7.56. The van der Waals surface area contributed by atoms with Crippen molar-refractivity contribution in [1.29, 1.82) is 0 Å². The third-order valence-electron chi connectivity index (χ3n) is 5.45. The van der Waals surface area contributed by atoms with Crippen LogP contribution in [0.2, 0.25) is 0 Å². The molecule has 1 aliphatic carbocycles. The standard InChI is InChI=1S/C20H26N4S/c1-12(2)23-19(16-11-13(3)24(14(16)4)15-8-9-15)18(22-20(23)25)17-7-5-6-10-21-17/h5-7,10-12,15,18-19H,8-9H2,1-4H3,(H,22,25)/t18-,19+/m1/s1. The SMILES string of the molecule is Cc1cc([C@H]2[C@@H](c3ccccn3)NC(=S)N2C(C)C)c(C)n1C1CC1. The Bertz CT molecular complexity index is 792. The first-order valence-corrected chi connectivity index (χ1v) is 9.58. The third-order valence-corrected chi connectivity index (χ3v) is 5.77. The lowest BCUT2D eigenvalue weighted by Crippen LogP contribution is -2.35. The van der Waals surface area contributed by atoms with E-state index in [0.717, 1.165) is 10.8 Å². The molecule has 0 unspecified atom stereocenters. The van der Waals surface area contributed by atoms with E-state index in [0.29, 0.717) is 12.1 Å². The predicted octanol–water partition coefficient (Wildman–Crippen LogP) is 4.22. The van der Waals surface area contributed by atoms with Gasteiger partial charge in [0.2, 0.25) is 0 Å². The van der Waals surface area contributed by atoms with Crippen LogP contribution in [0.1, 0.15) is 67.5 Å². The molecular weight excluding hydrogens is 328 g/mol.